The van der Waals surface area contributed by atoms with Crippen LogP contribution < -0.4 is 5.73 Å². The van der Waals surface area contributed by atoms with Crippen molar-refractivity contribution in [2.45, 2.75) is 12.8 Å². The summed E-state index contributed by atoms with van der Waals surface area (Å²) in [5, 5.41) is 1.60. The summed E-state index contributed by atoms with van der Waals surface area (Å²) in [6.45, 7) is 0.629. The van der Waals surface area contributed by atoms with Gasteiger partial charge in [0.1, 0.15) is 0 Å². The maximum atomic E-state index is 13.7. The first-order valence-electron chi connectivity index (χ1n) is 7.24. The van der Waals surface area contributed by atoms with E-state index >= 15 is 0 Å². The van der Waals surface area contributed by atoms with Gasteiger partial charge in [0.15, 0.2) is 0 Å². The first-order valence-corrected chi connectivity index (χ1v) is 8.44. The van der Waals surface area contributed by atoms with E-state index in [4.69, 9.17) is 17.3 Å². The zero-order valence-electron chi connectivity index (χ0n) is 12.3. The number of halogens is 2. The number of pyridine rings is 1. The predicted molar refractivity (Wildman–Crippen MR) is 93.1 cm³/mol. The summed E-state index contributed by atoms with van der Waals surface area (Å²) in [5.74, 6) is -0.521. The van der Waals surface area contributed by atoms with Crippen LogP contribution in [0, 0.1) is 5.95 Å². The van der Waals surface area contributed by atoms with Crippen molar-refractivity contribution in [2.75, 3.05) is 6.54 Å². The Morgan fingerprint density at radius 1 is 1.09 bits per heavy atom. The molecule has 3 aromatic rings. The van der Waals surface area contributed by atoms with Crippen LogP contribution in [0.2, 0.25) is 5.02 Å². The third kappa shape index (κ3) is 3.58. The maximum absolute atomic E-state index is 13.7. The molecule has 3 nitrogen and oxygen atoms in total. The Kier molecular flexibility index (Phi) is 5.00. The summed E-state index contributed by atoms with van der Waals surface area (Å²) < 4.78 is 13.7. The van der Waals surface area contributed by atoms with Gasteiger partial charge in [0.05, 0.1) is 9.88 Å². The molecule has 0 radical (unpaired) electrons. The highest BCUT2D eigenvalue weighted by Crippen LogP contribution is 2.38. The SMILES string of the molecule is NCCCc1ncc(-c2cc(F)ncc2-c2ccccc2Cl)s1. The molecule has 0 fully saturated rings. The lowest BCUT2D eigenvalue weighted by atomic mass is 10.0. The van der Waals surface area contributed by atoms with Crippen LogP contribution in [0.3, 0.4) is 0 Å². The second-order valence-electron chi connectivity index (χ2n) is 5.04. The predicted octanol–water partition coefficient (Wildman–Crippen LogP) is 4.56. The molecule has 0 amide bonds. The zero-order valence-corrected chi connectivity index (χ0v) is 13.9. The first kappa shape index (κ1) is 16.1. The summed E-state index contributed by atoms with van der Waals surface area (Å²) >= 11 is 7.83. The van der Waals surface area contributed by atoms with E-state index in [1.807, 2.05) is 24.3 Å². The quantitative estimate of drug-likeness (QED) is 0.688. The van der Waals surface area contributed by atoms with Gasteiger partial charge in [-0.15, -0.1) is 11.3 Å². The van der Waals surface area contributed by atoms with Gasteiger partial charge in [0.2, 0.25) is 5.95 Å². The Morgan fingerprint density at radius 2 is 1.91 bits per heavy atom. The monoisotopic (exact) mass is 347 g/mol. The molecule has 0 saturated carbocycles. The topological polar surface area (TPSA) is 51.8 Å². The maximum Gasteiger partial charge on any atom is 0.213 e. The molecule has 0 saturated heterocycles. The van der Waals surface area contributed by atoms with E-state index in [1.165, 1.54) is 12.3 Å². The minimum absolute atomic E-state index is 0.521. The van der Waals surface area contributed by atoms with Crippen molar-refractivity contribution in [3.63, 3.8) is 0 Å². The normalized spacial score (nSPS) is 10.9. The van der Waals surface area contributed by atoms with Crippen molar-refractivity contribution in [3.8, 4) is 21.6 Å². The molecule has 0 atom stereocenters. The summed E-state index contributed by atoms with van der Waals surface area (Å²) in [6, 6.07) is 8.90. The van der Waals surface area contributed by atoms with Crippen molar-refractivity contribution in [2.24, 2.45) is 5.73 Å². The Labute approximate surface area is 143 Å². The van der Waals surface area contributed by atoms with Gasteiger partial charge in [0.25, 0.3) is 0 Å². The number of benzene rings is 1. The van der Waals surface area contributed by atoms with Crippen LogP contribution in [0.25, 0.3) is 21.6 Å². The smallest absolute Gasteiger partial charge is 0.213 e. The Morgan fingerprint density at radius 3 is 2.70 bits per heavy atom. The highest BCUT2D eigenvalue weighted by atomic mass is 35.5. The number of aromatic nitrogens is 2. The number of hydrogen-bond donors (Lipinski definition) is 1. The van der Waals surface area contributed by atoms with Crippen LogP contribution in [0.1, 0.15) is 11.4 Å². The summed E-state index contributed by atoms with van der Waals surface area (Å²) in [4.78, 5) is 9.08. The van der Waals surface area contributed by atoms with Gasteiger partial charge in [-0.2, -0.15) is 4.39 Å². The van der Waals surface area contributed by atoms with Crippen molar-refractivity contribution in [1.29, 1.82) is 0 Å². The van der Waals surface area contributed by atoms with E-state index in [9.17, 15) is 4.39 Å². The Bertz CT molecular complexity index is 819. The number of thiazole rings is 1. The summed E-state index contributed by atoms with van der Waals surface area (Å²) in [7, 11) is 0. The van der Waals surface area contributed by atoms with E-state index in [2.05, 4.69) is 9.97 Å². The van der Waals surface area contributed by atoms with Crippen molar-refractivity contribution in [1.82, 2.24) is 9.97 Å². The molecule has 0 bridgehead atoms. The molecule has 2 aromatic heterocycles. The molecule has 0 unspecified atom stereocenters. The molecule has 0 aliphatic carbocycles. The van der Waals surface area contributed by atoms with Crippen molar-refractivity contribution >= 4 is 22.9 Å². The van der Waals surface area contributed by atoms with Crippen LogP contribution in [0.15, 0.2) is 42.7 Å². The number of nitrogens with zero attached hydrogens (tertiary/aromatic N) is 2. The first-order chi connectivity index (χ1) is 11.2. The molecular weight excluding hydrogens is 333 g/mol. The fraction of sp³-hybridized carbons (Fsp3) is 0.176. The molecule has 3 rings (SSSR count). The summed E-state index contributed by atoms with van der Waals surface area (Å²) in [6.07, 6.45) is 5.00. The number of rotatable bonds is 5. The van der Waals surface area contributed by atoms with Gasteiger partial charge in [-0.05, 0) is 19.0 Å². The van der Waals surface area contributed by atoms with E-state index in [0.717, 1.165) is 39.4 Å². The van der Waals surface area contributed by atoms with Crippen LogP contribution >= 0.6 is 22.9 Å². The van der Waals surface area contributed by atoms with Gasteiger partial charge in [-0.3, -0.25) is 0 Å². The van der Waals surface area contributed by atoms with Crippen molar-refractivity contribution < 1.29 is 4.39 Å². The number of aryl methyl sites for hydroxylation is 1. The van der Waals surface area contributed by atoms with Gasteiger partial charge in [0, 0.05) is 46.6 Å². The standard InChI is InChI=1S/C17H15ClFN3S/c18-14-5-2-1-4-11(14)13-9-21-16(19)8-12(13)15-10-22-17(23-15)6-3-7-20/h1-2,4-5,8-10H,3,6-7,20H2. The molecule has 0 aliphatic heterocycles. The second-order valence-corrected chi connectivity index (χ2v) is 6.57. The highest BCUT2D eigenvalue weighted by Gasteiger charge is 2.14. The molecule has 6 heteroatoms. The average Bonchev–Trinajstić information content (AvgIpc) is 3.02. The van der Waals surface area contributed by atoms with E-state index in [-0.39, 0.29) is 0 Å². The zero-order chi connectivity index (χ0) is 16.2. The Hall–Kier alpha value is -1.82. The van der Waals surface area contributed by atoms with Gasteiger partial charge < -0.3 is 5.73 Å². The third-order valence-corrected chi connectivity index (χ3v) is 4.87. The summed E-state index contributed by atoms with van der Waals surface area (Å²) in [5.41, 5.74) is 7.91. The minimum atomic E-state index is -0.521. The molecule has 118 valence electrons. The molecule has 2 N–H and O–H groups in total. The van der Waals surface area contributed by atoms with Crippen molar-refractivity contribution in [3.05, 3.63) is 58.7 Å². The fourth-order valence-electron chi connectivity index (χ4n) is 2.33. The van der Waals surface area contributed by atoms with Gasteiger partial charge in [-0.25, -0.2) is 9.97 Å². The van der Waals surface area contributed by atoms with Crippen LogP contribution in [0.4, 0.5) is 4.39 Å². The Balaban J connectivity index is 2.07. The molecular formula is C17H15ClFN3S. The third-order valence-electron chi connectivity index (χ3n) is 3.45. The van der Waals surface area contributed by atoms with Crippen LogP contribution in [-0.2, 0) is 6.42 Å². The molecule has 1 aromatic carbocycles. The van der Waals surface area contributed by atoms with Crippen LogP contribution in [0.5, 0.6) is 0 Å². The van der Waals surface area contributed by atoms with Crippen LogP contribution in [-0.4, -0.2) is 16.5 Å². The lowest BCUT2D eigenvalue weighted by molar-refractivity contribution is 0.585. The minimum Gasteiger partial charge on any atom is -0.330 e. The van der Waals surface area contributed by atoms with E-state index in [0.29, 0.717) is 11.6 Å². The molecule has 2 heterocycles. The van der Waals surface area contributed by atoms with E-state index < -0.39 is 5.95 Å². The average molecular weight is 348 g/mol. The number of nitrogens with two attached hydrogens (primary N) is 1. The lowest BCUT2D eigenvalue weighted by Gasteiger charge is -2.09. The van der Waals surface area contributed by atoms with E-state index in [1.54, 1.807) is 17.5 Å². The fourth-order valence-corrected chi connectivity index (χ4v) is 3.56. The lowest BCUT2D eigenvalue weighted by Crippen LogP contribution is -1.99. The number of hydrogen-bond acceptors (Lipinski definition) is 4. The van der Waals surface area contributed by atoms with Gasteiger partial charge >= 0.3 is 0 Å². The second kappa shape index (κ2) is 7.17. The molecule has 0 aliphatic rings. The highest BCUT2D eigenvalue weighted by molar-refractivity contribution is 7.15. The van der Waals surface area contributed by atoms with Gasteiger partial charge in [-0.1, -0.05) is 29.8 Å². The molecule has 0 spiro atoms. The largest absolute Gasteiger partial charge is 0.330 e. The molecule has 23 heavy (non-hydrogen) atoms.